The molecule has 1 atom stereocenters. The standard InChI is InChI=1S/C17H24N2O3/c1-3-15-12-18(17(21)13-22-2)10-9-16(20)19(15)11-14-7-5-4-6-8-14/h4-8,15H,3,9-13H2,1-2H3/t15-/m1/s1. The highest BCUT2D eigenvalue weighted by atomic mass is 16.5. The van der Waals surface area contributed by atoms with Gasteiger partial charge in [0.2, 0.25) is 11.8 Å². The molecule has 0 N–H and O–H groups in total. The Bertz CT molecular complexity index is 504. The van der Waals surface area contributed by atoms with E-state index >= 15 is 0 Å². The number of carbonyl (C=O) groups excluding carboxylic acids is 2. The predicted molar refractivity (Wildman–Crippen MR) is 84.1 cm³/mol. The van der Waals surface area contributed by atoms with Crippen molar-refractivity contribution in [2.24, 2.45) is 0 Å². The zero-order chi connectivity index (χ0) is 15.9. The van der Waals surface area contributed by atoms with E-state index in [-0.39, 0.29) is 24.5 Å². The minimum atomic E-state index is -0.0460. The van der Waals surface area contributed by atoms with Crippen LogP contribution in [0.3, 0.4) is 0 Å². The number of rotatable bonds is 5. The normalized spacial score (nSPS) is 19.2. The average Bonchev–Trinajstić information content (AvgIpc) is 2.69. The minimum Gasteiger partial charge on any atom is -0.375 e. The molecule has 0 aromatic heterocycles. The summed E-state index contributed by atoms with van der Waals surface area (Å²) in [6.45, 7) is 3.79. The first kappa shape index (κ1) is 16.5. The fraction of sp³-hybridized carbons (Fsp3) is 0.529. The molecular weight excluding hydrogens is 280 g/mol. The van der Waals surface area contributed by atoms with Crippen LogP contribution in [0.25, 0.3) is 0 Å². The highest BCUT2D eigenvalue weighted by Gasteiger charge is 2.30. The predicted octanol–water partition coefficient (Wildman–Crippen LogP) is 1.67. The first-order chi connectivity index (χ1) is 10.7. The summed E-state index contributed by atoms with van der Waals surface area (Å²) >= 11 is 0. The molecule has 1 aliphatic heterocycles. The maximum Gasteiger partial charge on any atom is 0.248 e. The van der Waals surface area contributed by atoms with E-state index < -0.39 is 0 Å². The smallest absolute Gasteiger partial charge is 0.248 e. The molecule has 0 unspecified atom stereocenters. The molecule has 1 aromatic rings. The lowest BCUT2D eigenvalue weighted by atomic mass is 10.1. The van der Waals surface area contributed by atoms with Crippen LogP contribution in [0, 0.1) is 0 Å². The number of hydrogen-bond acceptors (Lipinski definition) is 3. The van der Waals surface area contributed by atoms with Crippen LogP contribution in [-0.4, -0.2) is 54.5 Å². The summed E-state index contributed by atoms with van der Waals surface area (Å²) < 4.78 is 4.93. The molecule has 5 nitrogen and oxygen atoms in total. The Morgan fingerprint density at radius 3 is 2.68 bits per heavy atom. The molecule has 1 aliphatic rings. The van der Waals surface area contributed by atoms with Crippen LogP contribution in [0.15, 0.2) is 30.3 Å². The minimum absolute atomic E-state index is 0.0460. The highest BCUT2D eigenvalue weighted by molar-refractivity contribution is 5.81. The number of carbonyl (C=O) groups is 2. The molecule has 0 saturated carbocycles. The van der Waals surface area contributed by atoms with Crippen LogP contribution in [0.5, 0.6) is 0 Å². The van der Waals surface area contributed by atoms with Crippen LogP contribution in [-0.2, 0) is 20.9 Å². The third kappa shape index (κ3) is 4.07. The second kappa shape index (κ2) is 7.94. The van der Waals surface area contributed by atoms with E-state index in [0.29, 0.717) is 26.1 Å². The summed E-state index contributed by atoms with van der Waals surface area (Å²) in [5, 5.41) is 0. The fourth-order valence-corrected chi connectivity index (χ4v) is 2.81. The van der Waals surface area contributed by atoms with Crippen molar-refractivity contribution in [1.82, 2.24) is 9.80 Å². The Hall–Kier alpha value is -1.88. The Morgan fingerprint density at radius 2 is 2.05 bits per heavy atom. The molecule has 5 heteroatoms. The van der Waals surface area contributed by atoms with Gasteiger partial charge in [-0.05, 0) is 12.0 Å². The van der Waals surface area contributed by atoms with Crippen LogP contribution >= 0.6 is 0 Å². The van der Waals surface area contributed by atoms with Gasteiger partial charge in [0.15, 0.2) is 0 Å². The van der Waals surface area contributed by atoms with Crippen LogP contribution in [0.4, 0.5) is 0 Å². The van der Waals surface area contributed by atoms with Crippen molar-refractivity contribution in [1.29, 1.82) is 0 Å². The summed E-state index contributed by atoms with van der Waals surface area (Å²) in [6, 6.07) is 10.0. The number of amides is 2. The molecule has 0 radical (unpaired) electrons. The molecule has 0 aliphatic carbocycles. The van der Waals surface area contributed by atoms with Crippen molar-refractivity contribution in [2.75, 3.05) is 26.8 Å². The Morgan fingerprint density at radius 1 is 1.32 bits per heavy atom. The van der Waals surface area contributed by atoms with E-state index in [0.717, 1.165) is 12.0 Å². The molecule has 1 saturated heterocycles. The summed E-state index contributed by atoms with van der Waals surface area (Å²) in [7, 11) is 1.51. The summed E-state index contributed by atoms with van der Waals surface area (Å²) in [5.41, 5.74) is 1.12. The summed E-state index contributed by atoms with van der Waals surface area (Å²) in [6.07, 6.45) is 1.20. The lowest BCUT2D eigenvalue weighted by molar-refractivity contribution is -0.135. The van der Waals surface area contributed by atoms with Gasteiger partial charge >= 0.3 is 0 Å². The van der Waals surface area contributed by atoms with Crippen LogP contribution < -0.4 is 0 Å². The fourth-order valence-electron chi connectivity index (χ4n) is 2.81. The zero-order valence-corrected chi connectivity index (χ0v) is 13.3. The monoisotopic (exact) mass is 304 g/mol. The van der Waals surface area contributed by atoms with Crippen molar-refractivity contribution < 1.29 is 14.3 Å². The van der Waals surface area contributed by atoms with Crippen molar-refractivity contribution >= 4 is 11.8 Å². The van der Waals surface area contributed by atoms with E-state index in [1.165, 1.54) is 7.11 Å². The van der Waals surface area contributed by atoms with Crippen molar-refractivity contribution in [3.05, 3.63) is 35.9 Å². The number of methoxy groups -OCH3 is 1. The van der Waals surface area contributed by atoms with E-state index in [4.69, 9.17) is 4.74 Å². The Balaban J connectivity index is 2.12. The van der Waals surface area contributed by atoms with Crippen molar-refractivity contribution in [3.63, 3.8) is 0 Å². The van der Waals surface area contributed by atoms with E-state index in [9.17, 15) is 9.59 Å². The topological polar surface area (TPSA) is 49.9 Å². The van der Waals surface area contributed by atoms with Gasteiger partial charge in [0.05, 0.1) is 0 Å². The van der Waals surface area contributed by atoms with E-state index in [1.54, 1.807) is 4.90 Å². The third-order valence-corrected chi connectivity index (χ3v) is 4.08. The summed E-state index contributed by atoms with van der Waals surface area (Å²) in [4.78, 5) is 28.2. The second-order valence-corrected chi connectivity index (χ2v) is 5.59. The van der Waals surface area contributed by atoms with Crippen LogP contribution in [0.2, 0.25) is 0 Å². The molecule has 1 heterocycles. The maximum atomic E-state index is 12.5. The lowest BCUT2D eigenvalue weighted by Crippen LogP contribution is -2.44. The van der Waals surface area contributed by atoms with E-state index in [2.05, 4.69) is 6.92 Å². The number of benzene rings is 1. The van der Waals surface area contributed by atoms with Crippen molar-refractivity contribution in [2.45, 2.75) is 32.4 Å². The van der Waals surface area contributed by atoms with Gasteiger partial charge in [0.1, 0.15) is 6.61 Å². The zero-order valence-electron chi connectivity index (χ0n) is 13.3. The van der Waals surface area contributed by atoms with Gasteiger partial charge in [0, 0.05) is 39.2 Å². The van der Waals surface area contributed by atoms with E-state index in [1.807, 2.05) is 35.2 Å². The van der Waals surface area contributed by atoms with Gasteiger partial charge in [-0.15, -0.1) is 0 Å². The number of ether oxygens (including phenoxy) is 1. The molecular formula is C17H24N2O3. The molecule has 120 valence electrons. The Kier molecular flexibility index (Phi) is 5.95. The molecule has 1 aromatic carbocycles. The number of nitrogens with zero attached hydrogens (tertiary/aromatic N) is 2. The third-order valence-electron chi connectivity index (χ3n) is 4.08. The van der Waals surface area contributed by atoms with Gasteiger partial charge in [-0.3, -0.25) is 9.59 Å². The highest BCUT2D eigenvalue weighted by Crippen LogP contribution is 2.17. The Labute approximate surface area is 131 Å². The van der Waals surface area contributed by atoms with Gasteiger partial charge in [-0.1, -0.05) is 37.3 Å². The van der Waals surface area contributed by atoms with Crippen LogP contribution in [0.1, 0.15) is 25.3 Å². The van der Waals surface area contributed by atoms with Gasteiger partial charge < -0.3 is 14.5 Å². The molecule has 2 amide bonds. The first-order valence-electron chi connectivity index (χ1n) is 7.75. The SMILES string of the molecule is CC[C@@H]1CN(C(=O)COC)CCC(=O)N1Cc1ccccc1. The largest absolute Gasteiger partial charge is 0.375 e. The molecule has 0 bridgehead atoms. The number of hydrogen-bond donors (Lipinski definition) is 0. The van der Waals surface area contributed by atoms with Gasteiger partial charge in [-0.25, -0.2) is 0 Å². The quantitative estimate of drug-likeness (QED) is 0.831. The van der Waals surface area contributed by atoms with Crippen molar-refractivity contribution in [3.8, 4) is 0 Å². The maximum absolute atomic E-state index is 12.5. The molecule has 2 rings (SSSR count). The lowest BCUT2D eigenvalue weighted by Gasteiger charge is -2.31. The molecule has 0 spiro atoms. The molecule has 22 heavy (non-hydrogen) atoms. The van der Waals surface area contributed by atoms with Gasteiger partial charge in [0.25, 0.3) is 0 Å². The summed E-state index contributed by atoms with van der Waals surface area (Å²) in [5.74, 6) is 0.0683. The average molecular weight is 304 g/mol. The first-order valence-corrected chi connectivity index (χ1v) is 7.75. The second-order valence-electron chi connectivity index (χ2n) is 5.59. The van der Waals surface area contributed by atoms with Gasteiger partial charge in [-0.2, -0.15) is 0 Å². The molecule has 1 fully saturated rings.